The summed E-state index contributed by atoms with van der Waals surface area (Å²) in [5.74, 6) is -0.210. The van der Waals surface area contributed by atoms with E-state index in [0.717, 1.165) is 43.7 Å². The van der Waals surface area contributed by atoms with E-state index in [2.05, 4.69) is 44.4 Å². The van der Waals surface area contributed by atoms with E-state index in [1.807, 2.05) is 35.9 Å². The fraction of sp³-hybridized carbons (Fsp3) is 0.240. The molecule has 2 aliphatic heterocycles. The molecule has 3 nitrogen and oxygen atoms in total. The van der Waals surface area contributed by atoms with E-state index in [-0.39, 0.29) is 5.82 Å². The van der Waals surface area contributed by atoms with Gasteiger partial charge >= 0.3 is 0 Å². The van der Waals surface area contributed by atoms with Crippen LogP contribution in [0.1, 0.15) is 11.1 Å². The van der Waals surface area contributed by atoms with Crippen LogP contribution in [0.4, 0.5) is 10.1 Å². The highest BCUT2D eigenvalue weighted by atomic mass is 32.1. The van der Waals surface area contributed by atoms with Gasteiger partial charge in [-0.2, -0.15) is 0 Å². The molecule has 2 aromatic carbocycles. The first-order chi connectivity index (χ1) is 14.7. The van der Waals surface area contributed by atoms with Crippen molar-refractivity contribution in [2.45, 2.75) is 19.0 Å². The summed E-state index contributed by atoms with van der Waals surface area (Å²) in [7, 11) is 0. The second-order valence-electron chi connectivity index (χ2n) is 8.29. The summed E-state index contributed by atoms with van der Waals surface area (Å²) in [6.07, 6.45) is 4.94. The van der Waals surface area contributed by atoms with Crippen LogP contribution in [0.3, 0.4) is 0 Å². The first kappa shape index (κ1) is 18.0. The average Bonchev–Trinajstić information content (AvgIpc) is 3.19. The van der Waals surface area contributed by atoms with Gasteiger partial charge in [-0.25, -0.2) is 4.39 Å². The Balaban J connectivity index is 1.21. The van der Waals surface area contributed by atoms with Gasteiger partial charge in [0, 0.05) is 66.0 Å². The molecule has 0 spiro atoms. The minimum Gasteiger partial charge on any atom is -0.365 e. The summed E-state index contributed by atoms with van der Waals surface area (Å²) < 4.78 is 14.7. The zero-order valence-corrected chi connectivity index (χ0v) is 17.4. The van der Waals surface area contributed by atoms with E-state index in [0.29, 0.717) is 6.04 Å². The molecule has 1 atom stereocenters. The minimum atomic E-state index is -0.210. The number of hydrogen-bond acceptors (Lipinski definition) is 4. The highest BCUT2D eigenvalue weighted by molar-refractivity contribution is 7.17. The highest BCUT2D eigenvalue weighted by Crippen LogP contribution is 2.41. The maximum atomic E-state index is 13.2. The van der Waals surface area contributed by atoms with Crippen molar-refractivity contribution in [2.75, 3.05) is 24.5 Å². The molecule has 1 fully saturated rings. The van der Waals surface area contributed by atoms with E-state index < -0.39 is 0 Å². The van der Waals surface area contributed by atoms with E-state index in [1.54, 1.807) is 0 Å². The molecule has 4 aromatic rings. The zero-order valence-electron chi connectivity index (χ0n) is 16.6. The lowest BCUT2D eigenvalue weighted by Gasteiger charge is -2.45. The van der Waals surface area contributed by atoms with Crippen LogP contribution in [0, 0.1) is 5.82 Å². The van der Waals surface area contributed by atoms with Gasteiger partial charge < -0.3 is 4.90 Å². The summed E-state index contributed by atoms with van der Waals surface area (Å²) in [6.45, 7) is 4.07. The Bertz CT molecular complexity index is 1220. The van der Waals surface area contributed by atoms with Crippen LogP contribution >= 0.6 is 11.3 Å². The second kappa shape index (κ2) is 7.18. The van der Waals surface area contributed by atoms with Gasteiger partial charge in [0.2, 0.25) is 0 Å². The van der Waals surface area contributed by atoms with Gasteiger partial charge in [0.15, 0.2) is 0 Å². The number of thiophene rings is 1. The van der Waals surface area contributed by atoms with Crippen molar-refractivity contribution in [2.24, 2.45) is 0 Å². The standard InChI is InChI=1S/C25H22FN3S/c26-21-6-4-18(5-7-21)19-10-17(12-27-13-19)14-28-8-9-29-22(15-28)11-20-16-30-24-3-1-2-23(29)25(20)24/h1-7,10,12-13,16,22H,8-9,11,14-15H2. The van der Waals surface area contributed by atoms with Crippen molar-refractivity contribution in [1.82, 2.24) is 9.88 Å². The normalized spacial score (nSPS) is 18.6. The van der Waals surface area contributed by atoms with Gasteiger partial charge in [0.25, 0.3) is 0 Å². The summed E-state index contributed by atoms with van der Waals surface area (Å²) >= 11 is 1.87. The molecule has 6 rings (SSSR count). The molecule has 150 valence electrons. The van der Waals surface area contributed by atoms with Crippen LogP contribution in [0.2, 0.25) is 0 Å². The van der Waals surface area contributed by atoms with Crippen LogP contribution in [0.15, 0.2) is 66.3 Å². The third-order valence-corrected chi connectivity index (χ3v) is 7.36. The summed E-state index contributed by atoms with van der Waals surface area (Å²) in [6, 6.07) is 16.1. The van der Waals surface area contributed by atoms with Gasteiger partial charge in [-0.3, -0.25) is 9.88 Å². The predicted molar refractivity (Wildman–Crippen MR) is 122 cm³/mol. The lowest BCUT2D eigenvalue weighted by molar-refractivity contribution is 0.213. The summed E-state index contributed by atoms with van der Waals surface area (Å²) in [4.78, 5) is 9.61. The van der Waals surface area contributed by atoms with Crippen molar-refractivity contribution in [3.63, 3.8) is 0 Å². The van der Waals surface area contributed by atoms with Gasteiger partial charge in [0.1, 0.15) is 5.82 Å². The molecule has 2 aliphatic rings. The number of rotatable bonds is 3. The Morgan fingerprint density at radius 3 is 2.83 bits per heavy atom. The van der Waals surface area contributed by atoms with Crippen molar-refractivity contribution >= 4 is 27.1 Å². The Morgan fingerprint density at radius 1 is 1.03 bits per heavy atom. The van der Waals surface area contributed by atoms with Crippen LogP contribution in [-0.4, -0.2) is 35.6 Å². The molecule has 0 aliphatic carbocycles. The summed E-state index contributed by atoms with van der Waals surface area (Å²) in [5.41, 5.74) is 6.17. The molecule has 2 aromatic heterocycles. The molecule has 1 saturated heterocycles. The molecule has 0 N–H and O–H groups in total. The van der Waals surface area contributed by atoms with Gasteiger partial charge in [-0.05, 0) is 58.8 Å². The lowest BCUT2D eigenvalue weighted by atomic mass is 9.94. The molecule has 30 heavy (non-hydrogen) atoms. The van der Waals surface area contributed by atoms with Gasteiger partial charge in [-0.1, -0.05) is 18.2 Å². The maximum Gasteiger partial charge on any atom is 0.123 e. The topological polar surface area (TPSA) is 19.4 Å². The average molecular weight is 416 g/mol. The quantitative estimate of drug-likeness (QED) is 0.450. The molecule has 5 heteroatoms. The molecule has 0 amide bonds. The van der Waals surface area contributed by atoms with Crippen molar-refractivity contribution in [1.29, 1.82) is 0 Å². The van der Waals surface area contributed by atoms with E-state index in [1.165, 1.54) is 39.0 Å². The fourth-order valence-corrected chi connectivity index (χ4v) is 5.96. The van der Waals surface area contributed by atoms with Gasteiger partial charge in [-0.15, -0.1) is 11.3 Å². The molecule has 0 saturated carbocycles. The fourth-order valence-electron chi connectivity index (χ4n) is 4.96. The van der Waals surface area contributed by atoms with E-state index in [4.69, 9.17) is 0 Å². The highest BCUT2D eigenvalue weighted by Gasteiger charge is 2.33. The number of anilines is 1. The summed E-state index contributed by atoms with van der Waals surface area (Å²) in [5, 5.41) is 3.82. The number of aromatic nitrogens is 1. The van der Waals surface area contributed by atoms with Crippen LogP contribution in [0.25, 0.3) is 21.2 Å². The maximum absolute atomic E-state index is 13.2. The number of piperazine rings is 1. The number of hydrogen-bond donors (Lipinski definition) is 0. The minimum absolute atomic E-state index is 0.210. The van der Waals surface area contributed by atoms with Crippen molar-refractivity contribution < 1.29 is 4.39 Å². The first-order valence-corrected chi connectivity index (χ1v) is 11.3. The Hall–Kier alpha value is -2.76. The van der Waals surface area contributed by atoms with Gasteiger partial charge in [0.05, 0.1) is 0 Å². The van der Waals surface area contributed by atoms with Crippen molar-refractivity contribution in [3.8, 4) is 11.1 Å². The number of pyridine rings is 1. The lowest BCUT2D eigenvalue weighted by Crippen LogP contribution is -2.54. The third-order valence-electron chi connectivity index (χ3n) is 6.36. The van der Waals surface area contributed by atoms with Crippen LogP contribution < -0.4 is 4.90 Å². The number of fused-ring (bicyclic) bond motifs is 2. The van der Waals surface area contributed by atoms with E-state index in [9.17, 15) is 4.39 Å². The molecule has 0 radical (unpaired) electrons. The molecular weight excluding hydrogens is 393 g/mol. The van der Waals surface area contributed by atoms with Crippen molar-refractivity contribution in [3.05, 3.63) is 83.2 Å². The predicted octanol–water partition coefficient (Wildman–Crippen LogP) is 5.35. The molecular formula is C25H22FN3S. The zero-order chi connectivity index (χ0) is 20.1. The third kappa shape index (κ3) is 3.09. The van der Waals surface area contributed by atoms with Crippen LogP contribution in [-0.2, 0) is 13.0 Å². The Morgan fingerprint density at radius 2 is 1.93 bits per heavy atom. The Kier molecular flexibility index (Phi) is 4.32. The number of benzene rings is 2. The SMILES string of the molecule is Fc1ccc(-c2cncc(CN3CCN4c5cccc6scc(c56)CC4C3)c2)cc1. The van der Waals surface area contributed by atoms with Crippen LogP contribution in [0.5, 0.6) is 0 Å². The number of halogens is 1. The largest absolute Gasteiger partial charge is 0.365 e. The molecule has 1 unspecified atom stereocenters. The Labute approximate surface area is 179 Å². The monoisotopic (exact) mass is 415 g/mol. The number of nitrogens with zero attached hydrogens (tertiary/aromatic N) is 3. The second-order valence-corrected chi connectivity index (χ2v) is 9.20. The first-order valence-electron chi connectivity index (χ1n) is 10.4. The smallest absolute Gasteiger partial charge is 0.123 e. The molecule has 4 heterocycles. The molecule has 0 bridgehead atoms. The van der Waals surface area contributed by atoms with E-state index >= 15 is 0 Å².